The summed E-state index contributed by atoms with van der Waals surface area (Å²) in [5.74, 6) is 0.797. The second-order valence-electron chi connectivity index (χ2n) is 5.70. The smallest absolute Gasteiger partial charge is 0.245 e. The van der Waals surface area contributed by atoms with E-state index in [4.69, 9.17) is 0 Å². The van der Waals surface area contributed by atoms with Crippen LogP contribution in [-0.2, 0) is 9.59 Å². The molecule has 2 atom stereocenters. The zero-order valence-corrected chi connectivity index (χ0v) is 11.5. The van der Waals surface area contributed by atoms with Crippen molar-refractivity contribution in [1.29, 1.82) is 0 Å². The number of carbonyl (C=O) groups excluding carboxylic acids is 2. The fourth-order valence-corrected chi connectivity index (χ4v) is 2.07. The summed E-state index contributed by atoms with van der Waals surface area (Å²) >= 11 is 0. The molecular weight excluding hydrogens is 216 g/mol. The van der Waals surface area contributed by atoms with Crippen LogP contribution in [0.4, 0.5) is 0 Å². The first-order chi connectivity index (χ1) is 7.82. The Balaban J connectivity index is 2.78. The molecule has 2 unspecified atom stereocenters. The molecule has 0 bridgehead atoms. The summed E-state index contributed by atoms with van der Waals surface area (Å²) in [7, 11) is 0. The largest absolute Gasteiger partial charge is 0.343 e. The number of nitrogens with zero attached hydrogens (tertiary/aromatic N) is 1. The maximum Gasteiger partial charge on any atom is 0.245 e. The fourth-order valence-electron chi connectivity index (χ4n) is 2.07. The van der Waals surface area contributed by atoms with E-state index in [1.165, 1.54) is 0 Å². The van der Waals surface area contributed by atoms with Gasteiger partial charge >= 0.3 is 0 Å². The molecule has 1 N–H and O–H groups in total. The van der Waals surface area contributed by atoms with Crippen molar-refractivity contribution in [3.05, 3.63) is 0 Å². The first-order valence-corrected chi connectivity index (χ1v) is 6.42. The molecule has 0 aliphatic carbocycles. The second-order valence-corrected chi connectivity index (χ2v) is 5.70. The highest BCUT2D eigenvalue weighted by Gasteiger charge is 2.35. The summed E-state index contributed by atoms with van der Waals surface area (Å²) in [5.41, 5.74) is 0. The molecule has 0 aromatic heterocycles. The predicted octanol–water partition coefficient (Wildman–Crippen LogP) is 1.40. The molecular formula is C13H24N2O2. The van der Waals surface area contributed by atoms with Gasteiger partial charge < -0.3 is 10.2 Å². The molecule has 0 radical (unpaired) electrons. The molecule has 17 heavy (non-hydrogen) atoms. The van der Waals surface area contributed by atoms with E-state index in [2.05, 4.69) is 33.0 Å². The molecule has 1 saturated heterocycles. The normalized spacial score (nSPS) is 23.2. The van der Waals surface area contributed by atoms with Crippen molar-refractivity contribution in [3.8, 4) is 0 Å². The van der Waals surface area contributed by atoms with Crippen LogP contribution in [0.5, 0.6) is 0 Å². The quantitative estimate of drug-likeness (QED) is 0.807. The number of carbonyl (C=O) groups is 2. The van der Waals surface area contributed by atoms with E-state index in [0.717, 1.165) is 0 Å². The number of amides is 2. The molecule has 0 spiro atoms. The SMILES string of the molecule is CC(C)CC1NC(=O)CN(C(C)C(C)C)C1=O. The Bertz CT molecular complexity index is 300. The average molecular weight is 240 g/mol. The van der Waals surface area contributed by atoms with E-state index in [-0.39, 0.29) is 30.4 Å². The van der Waals surface area contributed by atoms with Gasteiger partial charge in [-0.2, -0.15) is 0 Å². The first-order valence-electron chi connectivity index (χ1n) is 6.42. The second kappa shape index (κ2) is 5.52. The lowest BCUT2D eigenvalue weighted by atomic mass is 9.97. The summed E-state index contributed by atoms with van der Waals surface area (Å²) in [5, 5.41) is 2.79. The van der Waals surface area contributed by atoms with Crippen molar-refractivity contribution in [3.63, 3.8) is 0 Å². The molecule has 0 saturated carbocycles. The lowest BCUT2D eigenvalue weighted by Crippen LogP contribution is -2.61. The van der Waals surface area contributed by atoms with E-state index in [1.807, 2.05) is 6.92 Å². The Labute approximate surface area is 104 Å². The molecule has 1 fully saturated rings. The predicted molar refractivity (Wildman–Crippen MR) is 67.4 cm³/mol. The molecule has 1 heterocycles. The monoisotopic (exact) mass is 240 g/mol. The van der Waals surface area contributed by atoms with Crippen LogP contribution < -0.4 is 5.32 Å². The van der Waals surface area contributed by atoms with Gasteiger partial charge in [0.05, 0.1) is 6.54 Å². The third-order valence-electron chi connectivity index (χ3n) is 3.39. The first kappa shape index (κ1) is 14.0. The molecule has 1 aliphatic rings. The average Bonchev–Trinajstić information content (AvgIpc) is 2.21. The van der Waals surface area contributed by atoms with Gasteiger partial charge in [-0.3, -0.25) is 9.59 Å². The number of hydrogen-bond donors (Lipinski definition) is 1. The van der Waals surface area contributed by atoms with Crippen molar-refractivity contribution in [2.45, 2.75) is 53.1 Å². The van der Waals surface area contributed by atoms with Gasteiger partial charge in [0.25, 0.3) is 0 Å². The van der Waals surface area contributed by atoms with Gasteiger partial charge in [0.15, 0.2) is 0 Å². The molecule has 1 rings (SSSR count). The molecule has 98 valence electrons. The Morgan fingerprint density at radius 3 is 2.29 bits per heavy atom. The summed E-state index contributed by atoms with van der Waals surface area (Å²) < 4.78 is 0. The minimum atomic E-state index is -0.336. The molecule has 0 aromatic carbocycles. The minimum absolute atomic E-state index is 0.0391. The number of nitrogens with one attached hydrogen (secondary N) is 1. The maximum atomic E-state index is 12.3. The fraction of sp³-hybridized carbons (Fsp3) is 0.846. The number of rotatable bonds is 4. The summed E-state index contributed by atoms with van der Waals surface area (Å²) in [6.45, 7) is 10.5. The van der Waals surface area contributed by atoms with Crippen LogP contribution >= 0.6 is 0 Å². The number of hydrogen-bond acceptors (Lipinski definition) is 2. The van der Waals surface area contributed by atoms with Crippen molar-refractivity contribution in [2.75, 3.05) is 6.54 Å². The van der Waals surface area contributed by atoms with E-state index in [9.17, 15) is 9.59 Å². The Morgan fingerprint density at radius 2 is 1.82 bits per heavy atom. The lowest BCUT2D eigenvalue weighted by Gasteiger charge is -2.38. The van der Waals surface area contributed by atoms with Gasteiger partial charge in [-0.25, -0.2) is 0 Å². The highest BCUT2D eigenvalue weighted by Crippen LogP contribution is 2.17. The van der Waals surface area contributed by atoms with Gasteiger partial charge in [-0.1, -0.05) is 27.7 Å². The van der Waals surface area contributed by atoms with Crippen LogP contribution in [0.3, 0.4) is 0 Å². The lowest BCUT2D eigenvalue weighted by molar-refractivity contribution is -0.147. The van der Waals surface area contributed by atoms with E-state index in [0.29, 0.717) is 18.3 Å². The molecule has 4 nitrogen and oxygen atoms in total. The molecule has 0 aromatic rings. The van der Waals surface area contributed by atoms with Crippen molar-refractivity contribution >= 4 is 11.8 Å². The van der Waals surface area contributed by atoms with E-state index >= 15 is 0 Å². The molecule has 4 heteroatoms. The van der Waals surface area contributed by atoms with Crippen LogP contribution in [0.2, 0.25) is 0 Å². The van der Waals surface area contributed by atoms with Crippen molar-refractivity contribution in [1.82, 2.24) is 10.2 Å². The van der Waals surface area contributed by atoms with Crippen molar-refractivity contribution in [2.24, 2.45) is 11.8 Å². The Kier molecular flexibility index (Phi) is 4.54. The molecule has 1 aliphatic heterocycles. The maximum absolute atomic E-state index is 12.3. The van der Waals surface area contributed by atoms with Gasteiger partial charge in [0.1, 0.15) is 6.04 Å². The highest BCUT2D eigenvalue weighted by atomic mass is 16.2. The van der Waals surface area contributed by atoms with Crippen LogP contribution in [-0.4, -0.2) is 35.3 Å². The third kappa shape index (κ3) is 3.45. The standard InChI is InChI=1S/C13H24N2O2/c1-8(2)6-11-13(17)15(7-12(16)14-11)10(5)9(3)4/h8-11H,6-7H2,1-5H3,(H,14,16). The zero-order chi connectivity index (χ0) is 13.2. The third-order valence-corrected chi connectivity index (χ3v) is 3.39. The summed E-state index contributed by atoms with van der Waals surface area (Å²) in [6.07, 6.45) is 0.714. The van der Waals surface area contributed by atoms with Gasteiger partial charge in [-0.15, -0.1) is 0 Å². The van der Waals surface area contributed by atoms with Gasteiger partial charge in [0.2, 0.25) is 11.8 Å². The van der Waals surface area contributed by atoms with Crippen LogP contribution in [0.15, 0.2) is 0 Å². The highest BCUT2D eigenvalue weighted by molar-refractivity contribution is 5.95. The van der Waals surface area contributed by atoms with Crippen LogP contribution in [0, 0.1) is 11.8 Å². The zero-order valence-electron chi connectivity index (χ0n) is 11.5. The van der Waals surface area contributed by atoms with Gasteiger partial charge in [-0.05, 0) is 25.2 Å². The minimum Gasteiger partial charge on any atom is -0.343 e. The Hall–Kier alpha value is -1.06. The van der Waals surface area contributed by atoms with Crippen LogP contribution in [0.1, 0.15) is 41.0 Å². The van der Waals surface area contributed by atoms with Crippen LogP contribution in [0.25, 0.3) is 0 Å². The van der Waals surface area contributed by atoms with Crippen molar-refractivity contribution < 1.29 is 9.59 Å². The summed E-state index contributed by atoms with van der Waals surface area (Å²) in [4.78, 5) is 25.6. The topological polar surface area (TPSA) is 49.4 Å². The van der Waals surface area contributed by atoms with E-state index in [1.54, 1.807) is 4.90 Å². The van der Waals surface area contributed by atoms with E-state index < -0.39 is 0 Å². The van der Waals surface area contributed by atoms with Gasteiger partial charge in [0, 0.05) is 6.04 Å². The Morgan fingerprint density at radius 1 is 1.24 bits per heavy atom. The molecule has 2 amide bonds. The number of piperazine rings is 1. The summed E-state index contributed by atoms with van der Waals surface area (Å²) in [6, 6.07) is -0.222.